The molecule has 0 unspecified atom stereocenters. The SMILES string of the molecule is Cc1ccc(-c2coooo2)c(C)c1. The van der Waals surface area contributed by atoms with Gasteiger partial charge in [-0.2, -0.15) is 0 Å². The van der Waals surface area contributed by atoms with Gasteiger partial charge in [-0.1, -0.05) is 23.8 Å². The molecular weight excluding hydrogens is 184 g/mol. The Hall–Kier alpha value is -1.84. The van der Waals surface area contributed by atoms with E-state index in [1.165, 1.54) is 11.8 Å². The average molecular weight is 194 g/mol. The smallest absolute Gasteiger partial charge is 0.230 e. The van der Waals surface area contributed by atoms with Crippen molar-refractivity contribution in [1.82, 2.24) is 0 Å². The molecule has 2 rings (SSSR count). The molecule has 2 aromatic rings. The Balaban J connectivity index is 2.53. The van der Waals surface area contributed by atoms with E-state index < -0.39 is 0 Å². The van der Waals surface area contributed by atoms with Crippen LogP contribution in [0, 0.1) is 13.8 Å². The lowest BCUT2D eigenvalue weighted by atomic mass is 10.0. The summed E-state index contributed by atoms with van der Waals surface area (Å²) in [6.45, 7) is 4.02. The van der Waals surface area contributed by atoms with Gasteiger partial charge in [0.1, 0.15) is 0 Å². The first kappa shape index (κ1) is 8.74. The van der Waals surface area contributed by atoms with Gasteiger partial charge in [0.2, 0.25) is 5.76 Å². The summed E-state index contributed by atoms with van der Waals surface area (Å²) in [7, 11) is 0. The van der Waals surface area contributed by atoms with Crippen molar-refractivity contribution in [3.63, 3.8) is 0 Å². The lowest BCUT2D eigenvalue weighted by molar-refractivity contribution is -0.308. The fourth-order valence-electron chi connectivity index (χ4n) is 1.35. The molecule has 0 aliphatic heterocycles. The summed E-state index contributed by atoms with van der Waals surface area (Å²) in [6.07, 6.45) is 1.35. The Morgan fingerprint density at radius 2 is 1.93 bits per heavy atom. The van der Waals surface area contributed by atoms with E-state index >= 15 is 0 Å². The fourth-order valence-corrected chi connectivity index (χ4v) is 1.35. The van der Waals surface area contributed by atoms with Crippen LogP contribution in [0.2, 0.25) is 0 Å². The van der Waals surface area contributed by atoms with E-state index in [-0.39, 0.29) is 0 Å². The highest BCUT2D eigenvalue weighted by Gasteiger charge is 2.06. The molecule has 0 N–H and O–H groups in total. The second kappa shape index (κ2) is 3.49. The summed E-state index contributed by atoms with van der Waals surface area (Å²) in [5, 5.41) is 0. The lowest BCUT2D eigenvalue weighted by Crippen LogP contribution is -1.83. The van der Waals surface area contributed by atoms with Gasteiger partial charge >= 0.3 is 0 Å². The van der Waals surface area contributed by atoms with E-state index in [0.29, 0.717) is 5.76 Å². The minimum Gasteiger partial charge on any atom is -0.253 e. The largest absolute Gasteiger partial charge is 0.253 e. The van der Waals surface area contributed by atoms with E-state index in [1.54, 1.807) is 0 Å². The van der Waals surface area contributed by atoms with Crippen molar-refractivity contribution in [2.24, 2.45) is 0 Å². The van der Waals surface area contributed by atoms with Crippen molar-refractivity contribution in [1.29, 1.82) is 0 Å². The van der Waals surface area contributed by atoms with Crippen LogP contribution in [-0.4, -0.2) is 0 Å². The van der Waals surface area contributed by atoms with Crippen LogP contribution in [0.25, 0.3) is 11.3 Å². The summed E-state index contributed by atoms with van der Waals surface area (Å²) < 4.78 is 17.6. The molecule has 0 amide bonds. The lowest BCUT2D eigenvalue weighted by Gasteiger charge is -2.02. The highest BCUT2D eigenvalue weighted by atomic mass is 17.4. The van der Waals surface area contributed by atoms with Crippen molar-refractivity contribution >= 4 is 0 Å². The van der Waals surface area contributed by atoms with Crippen LogP contribution in [0.1, 0.15) is 11.1 Å². The number of hydrogen-bond donors (Lipinski definition) is 0. The van der Waals surface area contributed by atoms with Gasteiger partial charge in [0.05, 0.1) is 0 Å². The van der Waals surface area contributed by atoms with E-state index in [9.17, 15) is 0 Å². The Bertz CT molecular complexity index is 439. The second-order valence-electron chi connectivity index (χ2n) is 3.12. The predicted molar refractivity (Wildman–Crippen MR) is 48.0 cm³/mol. The fraction of sp³-hybridized carbons (Fsp3) is 0.200. The maximum atomic E-state index is 4.80. The number of hydrogen-bond acceptors (Lipinski definition) is 4. The standard InChI is InChI=1S/C10H10O4/c1-7-3-4-9(8(2)5-7)10-6-11-13-14-12-10/h3-6H,1-2H3. The minimum atomic E-state index is 0.494. The highest BCUT2D eigenvalue weighted by molar-refractivity contribution is 5.60. The van der Waals surface area contributed by atoms with Crippen LogP contribution in [0.3, 0.4) is 0 Å². The first-order valence-corrected chi connectivity index (χ1v) is 4.22. The van der Waals surface area contributed by atoms with Crippen LogP contribution in [0.5, 0.6) is 0 Å². The minimum absolute atomic E-state index is 0.494. The van der Waals surface area contributed by atoms with Crippen molar-refractivity contribution in [3.05, 3.63) is 35.6 Å². The molecule has 0 radical (unpaired) electrons. The van der Waals surface area contributed by atoms with Crippen LogP contribution in [-0.2, 0) is 0 Å². The summed E-state index contributed by atoms with van der Waals surface area (Å²) in [5.74, 6) is 0.494. The molecule has 14 heavy (non-hydrogen) atoms. The van der Waals surface area contributed by atoms with E-state index in [2.05, 4.69) is 20.1 Å². The molecule has 1 aromatic heterocycles. The van der Waals surface area contributed by atoms with Gasteiger partial charge in [-0.25, -0.2) is 4.58 Å². The van der Waals surface area contributed by atoms with Crippen molar-refractivity contribution in [3.8, 4) is 11.3 Å². The van der Waals surface area contributed by atoms with Gasteiger partial charge in [0.25, 0.3) is 0 Å². The first-order valence-electron chi connectivity index (χ1n) is 4.22. The van der Waals surface area contributed by atoms with Gasteiger partial charge in [-0.05, 0) is 28.9 Å². The van der Waals surface area contributed by atoms with Gasteiger partial charge < -0.3 is 0 Å². The van der Waals surface area contributed by atoms with Gasteiger partial charge in [-0.15, -0.1) is 0 Å². The zero-order chi connectivity index (χ0) is 9.97. The molecule has 0 bridgehead atoms. The molecule has 0 fully saturated rings. The van der Waals surface area contributed by atoms with Crippen molar-refractivity contribution in [2.75, 3.05) is 0 Å². The second-order valence-corrected chi connectivity index (χ2v) is 3.12. The molecule has 0 saturated heterocycles. The van der Waals surface area contributed by atoms with Gasteiger partial charge in [0.15, 0.2) is 6.26 Å². The zero-order valence-corrected chi connectivity index (χ0v) is 7.94. The normalized spacial score (nSPS) is 10.1. The van der Waals surface area contributed by atoms with Gasteiger partial charge in [-0.3, -0.25) is 4.58 Å². The Kier molecular flexibility index (Phi) is 2.18. The molecule has 0 aliphatic carbocycles. The van der Waals surface area contributed by atoms with Gasteiger partial charge in [0, 0.05) is 5.56 Å². The Morgan fingerprint density at radius 1 is 1.07 bits per heavy atom. The van der Waals surface area contributed by atoms with Crippen LogP contribution >= 0.6 is 0 Å². The third-order valence-electron chi connectivity index (χ3n) is 1.99. The van der Waals surface area contributed by atoms with Crippen LogP contribution < -0.4 is 0 Å². The summed E-state index contributed by atoms with van der Waals surface area (Å²) in [5.41, 5.74) is 3.20. The van der Waals surface area contributed by atoms with Crippen LogP contribution in [0.4, 0.5) is 0 Å². The Morgan fingerprint density at radius 3 is 2.57 bits per heavy atom. The zero-order valence-electron chi connectivity index (χ0n) is 7.94. The maximum absolute atomic E-state index is 4.80. The molecule has 1 aromatic carbocycles. The monoisotopic (exact) mass is 194 g/mol. The summed E-state index contributed by atoms with van der Waals surface area (Å²) in [6, 6.07) is 5.98. The maximum Gasteiger partial charge on any atom is 0.230 e. The van der Waals surface area contributed by atoms with E-state index in [0.717, 1.165) is 11.1 Å². The highest BCUT2D eigenvalue weighted by Crippen LogP contribution is 2.23. The molecule has 0 spiro atoms. The molecule has 4 heteroatoms. The quantitative estimate of drug-likeness (QED) is 0.652. The number of rotatable bonds is 1. The van der Waals surface area contributed by atoms with E-state index in [1.807, 2.05) is 26.0 Å². The van der Waals surface area contributed by atoms with Crippen LogP contribution in [0.15, 0.2) is 43.1 Å². The average Bonchev–Trinajstić information content (AvgIpc) is 2.19. The molecule has 0 saturated carbocycles. The predicted octanol–water partition coefficient (Wildman–Crippen LogP) is 3.47. The molecule has 0 aliphatic rings. The molecular formula is C10H10O4. The van der Waals surface area contributed by atoms with Crippen molar-refractivity contribution < 1.29 is 18.6 Å². The number of aryl methyl sites for hydroxylation is 2. The third-order valence-corrected chi connectivity index (χ3v) is 1.99. The topological polar surface area (TPSA) is 52.6 Å². The molecule has 0 atom stereocenters. The van der Waals surface area contributed by atoms with Crippen molar-refractivity contribution in [2.45, 2.75) is 13.8 Å². The third kappa shape index (κ3) is 1.59. The number of benzene rings is 1. The van der Waals surface area contributed by atoms with E-state index in [4.69, 9.17) is 4.58 Å². The summed E-state index contributed by atoms with van der Waals surface area (Å²) in [4.78, 5) is 0. The summed E-state index contributed by atoms with van der Waals surface area (Å²) >= 11 is 0. The molecule has 74 valence electrons. The molecule has 4 nitrogen and oxygen atoms in total. The Labute approximate surface area is 80.2 Å². The first-order chi connectivity index (χ1) is 6.77. The molecule has 1 heterocycles.